The fourth-order valence-corrected chi connectivity index (χ4v) is 9.10. The van der Waals surface area contributed by atoms with Crippen LogP contribution >= 0.6 is 0 Å². The smallest absolute Gasteiger partial charge is 0.254 e. The first-order valence-corrected chi connectivity index (χ1v) is 24.6. The standard InChI is InChI=1S/C51H82N6O18/c1-13-41-45(51(73)55(12)19-38(67)25-61)29(3)44(50(72)54(11)18-37(66)24-60)32(6)47(41)57(34(8)63)21-40(69)27-75-15-14-74-26-39(68)20-56(33(7)62)46-30(4)42(48(70)52(9)16-35(64)22-58)28(2)43(31(46)5)49(71)53(10)17-36(65)23-59/h35-40,58-61,64-69H,13-27H2,1-12H3. The molecule has 10 N–H and O–H groups in total. The summed E-state index contributed by atoms with van der Waals surface area (Å²) in [5.74, 6) is -3.67. The molecule has 6 atom stereocenters. The van der Waals surface area contributed by atoms with Crippen molar-refractivity contribution in [2.45, 2.75) is 98.4 Å². The predicted octanol–water partition coefficient (Wildman–Crippen LogP) is -2.35. The summed E-state index contributed by atoms with van der Waals surface area (Å²) in [6, 6.07) is 0. The minimum atomic E-state index is -1.34. The highest BCUT2D eigenvalue weighted by atomic mass is 16.5. The van der Waals surface area contributed by atoms with Gasteiger partial charge in [-0.05, 0) is 74.4 Å². The predicted molar refractivity (Wildman–Crippen MR) is 276 cm³/mol. The molecule has 0 aromatic heterocycles. The number of carbonyl (C=O) groups excluding carboxylic acids is 6. The maximum atomic E-state index is 14.1. The lowest BCUT2D eigenvalue weighted by Crippen LogP contribution is -2.42. The summed E-state index contributed by atoms with van der Waals surface area (Å²) in [5, 5.41) is 101. The lowest BCUT2D eigenvalue weighted by atomic mass is 9.87. The molecule has 0 aliphatic carbocycles. The molecule has 6 amide bonds. The Labute approximate surface area is 438 Å². The van der Waals surface area contributed by atoms with Crippen LogP contribution < -0.4 is 9.80 Å². The van der Waals surface area contributed by atoms with Crippen LogP contribution in [0.4, 0.5) is 11.4 Å². The zero-order valence-electron chi connectivity index (χ0n) is 45.5. The summed E-state index contributed by atoms with van der Waals surface area (Å²) >= 11 is 0. The van der Waals surface area contributed by atoms with Gasteiger partial charge in [-0.25, -0.2) is 0 Å². The Kier molecular flexibility index (Phi) is 26.8. The van der Waals surface area contributed by atoms with E-state index in [1.165, 1.54) is 63.7 Å². The number of carbonyl (C=O) groups is 6. The van der Waals surface area contributed by atoms with Crippen molar-refractivity contribution in [3.63, 3.8) is 0 Å². The highest BCUT2D eigenvalue weighted by Gasteiger charge is 2.35. The van der Waals surface area contributed by atoms with Crippen LogP contribution in [0.15, 0.2) is 0 Å². The molecule has 0 heterocycles. The van der Waals surface area contributed by atoms with Crippen molar-refractivity contribution in [3.05, 3.63) is 55.6 Å². The van der Waals surface area contributed by atoms with E-state index in [4.69, 9.17) is 9.47 Å². The average Bonchev–Trinajstić information content (AvgIpc) is 3.35. The summed E-state index contributed by atoms with van der Waals surface area (Å²) in [5.41, 5.74) is 2.07. The van der Waals surface area contributed by atoms with Crippen LogP contribution in [0.25, 0.3) is 0 Å². The first kappa shape index (κ1) is 65.9. The number of aliphatic hydroxyl groups is 10. The molecule has 424 valence electrons. The lowest BCUT2D eigenvalue weighted by molar-refractivity contribution is -0.118. The van der Waals surface area contributed by atoms with E-state index in [0.717, 1.165) is 14.7 Å². The van der Waals surface area contributed by atoms with Crippen LogP contribution in [0.5, 0.6) is 0 Å². The van der Waals surface area contributed by atoms with Crippen LogP contribution in [-0.2, 0) is 25.5 Å². The SMILES string of the molecule is CCc1c(C(=O)N(C)CC(O)CO)c(C)c(C(=O)N(C)CC(O)CO)c(C)c1N(CC(O)COCCOCC(O)CN(C(C)=O)c1c(C)c(C(=O)N(C)CC(O)CO)c(C)c(C(=O)N(C)CC(O)CO)c1C)C(C)=O. The van der Waals surface area contributed by atoms with E-state index < -0.39 is 98.5 Å². The zero-order chi connectivity index (χ0) is 57.3. The molecule has 24 nitrogen and oxygen atoms in total. The number of rotatable bonds is 30. The van der Waals surface area contributed by atoms with Crippen molar-refractivity contribution in [3.8, 4) is 0 Å². The van der Waals surface area contributed by atoms with Crippen molar-refractivity contribution in [2.75, 3.05) is 130 Å². The van der Waals surface area contributed by atoms with E-state index in [1.54, 1.807) is 34.6 Å². The van der Waals surface area contributed by atoms with Gasteiger partial charge in [0.25, 0.3) is 23.6 Å². The van der Waals surface area contributed by atoms with Crippen molar-refractivity contribution >= 4 is 46.8 Å². The van der Waals surface area contributed by atoms with Gasteiger partial charge in [-0.2, -0.15) is 0 Å². The van der Waals surface area contributed by atoms with Gasteiger partial charge in [0, 0.05) is 90.5 Å². The van der Waals surface area contributed by atoms with Crippen LogP contribution in [0.2, 0.25) is 0 Å². The maximum absolute atomic E-state index is 14.1. The van der Waals surface area contributed by atoms with E-state index in [2.05, 4.69) is 0 Å². The molecule has 0 bridgehead atoms. The third-order valence-electron chi connectivity index (χ3n) is 12.7. The summed E-state index contributed by atoms with van der Waals surface area (Å²) < 4.78 is 11.4. The second-order valence-electron chi connectivity index (χ2n) is 19.0. The Morgan fingerprint density at radius 3 is 0.960 bits per heavy atom. The molecule has 0 radical (unpaired) electrons. The van der Waals surface area contributed by atoms with Crippen molar-refractivity contribution in [2.24, 2.45) is 0 Å². The number of aliphatic hydroxyl groups excluding tert-OH is 10. The Hall–Kier alpha value is -5.22. The summed E-state index contributed by atoms with van der Waals surface area (Å²) in [7, 11) is 5.58. The third kappa shape index (κ3) is 17.1. The summed E-state index contributed by atoms with van der Waals surface area (Å²) in [4.78, 5) is 90.2. The van der Waals surface area contributed by atoms with Gasteiger partial charge >= 0.3 is 0 Å². The third-order valence-corrected chi connectivity index (χ3v) is 12.7. The molecule has 6 unspecified atom stereocenters. The molecule has 2 aromatic rings. The van der Waals surface area contributed by atoms with E-state index in [1.807, 2.05) is 0 Å². The Morgan fingerprint density at radius 2 is 0.680 bits per heavy atom. The number of hydrogen-bond acceptors (Lipinski definition) is 18. The van der Waals surface area contributed by atoms with E-state index >= 15 is 0 Å². The summed E-state index contributed by atoms with van der Waals surface area (Å²) in [6.07, 6.45) is -7.62. The molecule has 0 saturated heterocycles. The van der Waals surface area contributed by atoms with Crippen molar-refractivity contribution < 1.29 is 89.3 Å². The van der Waals surface area contributed by atoms with Gasteiger partial charge in [0.1, 0.15) is 0 Å². The molecule has 75 heavy (non-hydrogen) atoms. The molecule has 0 spiro atoms. The van der Waals surface area contributed by atoms with E-state index in [-0.39, 0.29) is 134 Å². The van der Waals surface area contributed by atoms with Crippen LogP contribution in [-0.4, -0.2) is 263 Å². The molecular formula is C51H82N6O18. The first-order chi connectivity index (χ1) is 35.1. The second kappa shape index (κ2) is 30.5. The molecule has 2 aromatic carbocycles. The van der Waals surface area contributed by atoms with Gasteiger partial charge in [0.15, 0.2) is 0 Å². The maximum Gasteiger partial charge on any atom is 0.254 e. The van der Waals surface area contributed by atoms with Crippen molar-refractivity contribution in [1.82, 2.24) is 19.6 Å². The number of nitrogens with zero attached hydrogens (tertiary/aromatic N) is 6. The minimum Gasteiger partial charge on any atom is -0.394 e. The first-order valence-electron chi connectivity index (χ1n) is 24.6. The minimum absolute atomic E-state index is 0.0179. The number of likely N-dealkylation sites (N-methyl/N-ethyl adjacent to an activating group) is 4. The van der Waals surface area contributed by atoms with Gasteiger partial charge in [-0.1, -0.05) is 6.92 Å². The summed E-state index contributed by atoms with van der Waals surface area (Å²) in [6.45, 7) is 6.78. The Balaban J connectivity index is 2.41. The molecule has 0 aliphatic rings. The van der Waals surface area contributed by atoms with Crippen molar-refractivity contribution in [1.29, 1.82) is 0 Å². The fourth-order valence-electron chi connectivity index (χ4n) is 9.10. The normalized spacial score (nSPS) is 13.8. The molecule has 2 rings (SSSR count). The highest BCUT2D eigenvalue weighted by molar-refractivity contribution is 6.09. The van der Waals surface area contributed by atoms with E-state index in [0.29, 0.717) is 5.56 Å². The van der Waals surface area contributed by atoms with E-state index in [9.17, 15) is 79.8 Å². The number of benzene rings is 2. The second-order valence-corrected chi connectivity index (χ2v) is 19.0. The molecule has 24 heteroatoms. The molecule has 0 fully saturated rings. The van der Waals surface area contributed by atoms with Gasteiger partial charge in [0.05, 0.1) is 114 Å². The van der Waals surface area contributed by atoms with Gasteiger partial charge in [-0.15, -0.1) is 0 Å². The highest BCUT2D eigenvalue weighted by Crippen LogP contribution is 2.38. The lowest BCUT2D eigenvalue weighted by Gasteiger charge is -2.33. The number of hydrogen-bond donors (Lipinski definition) is 10. The topological polar surface area (TPSA) is 343 Å². The van der Waals surface area contributed by atoms with Crippen LogP contribution in [0.3, 0.4) is 0 Å². The molecule has 0 aliphatic heterocycles. The average molecular weight is 1070 g/mol. The zero-order valence-corrected chi connectivity index (χ0v) is 45.5. The van der Waals surface area contributed by atoms with Gasteiger partial charge in [0.2, 0.25) is 11.8 Å². The van der Waals surface area contributed by atoms with Gasteiger partial charge in [-0.3, -0.25) is 28.8 Å². The molecular weight excluding hydrogens is 985 g/mol. The quantitative estimate of drug-likeness (QED) is 0.0366. The number of ether oxygens (including phenoxy) is 2. The fraction of sp³-hybridized carbons (Fsp3) is 0.647. The largest absolute Gasteiger partial charge is 0.394 e. The Bertz CT molecular complexity index is 2240. The number of anilines is 2. The number of amides is 6. The van der Waals surface area contributed by atoms with Gasteiger partial charge < -0.3 is 89.9 Å². The molecule has 0 saturated carbocycles. The monoisotopic (exact) mass is 1070 g/mol. The van der Waals surface area contributed by atoms with Crippen LogP contribution in [0.1, 0.15) is 95.6 Å². The Morgan fingerprint density at radius 1 is 0.413 bits per heavy atom. The van der Waals surface area contributed by atoms with Crippen LogP contribution in [0, 0.1) is 34.6 Å².